The smallest absolute Gasteiger partial charge is 0.230 e. The molecule has 1 aliphatic heterocycles. The van der Waals surface area contributed by atoms with Gasteiger partial charge < -0.3 is 14.3 Å². The van der Waals surface area contributed by atoms with Crippen molar-refractivity contribution in [1.82, 2.24) is 29.4 Å². The normalized spacial score (nSPS) is 14.4. The highest BCUT2D eigenvalue weighted by Crippen LogP contribution is 2.49. The molecule has 204 valence electrons. The van der Waals surface area contributed by atoms with Gasteiger partial charge in [-0.2, -0.15) is 5.10 Å². The van der Waals surface area contributed by atoms with Crippen LogP contribution in [0.15, 0.2) is 83.6 Å². The molecule has 0 saturated heterocycles. The Labute approximate surface area is 239 Å². The molecule has 2 aromatic carbocycles. The molecule has 0 N–H and O–H groups in total. The van der Waals surface area contributed by atoms with Gasteiger partial charge in [0.25, 0.3) is 0 Å². The number of aromatic nitrogens is 6. The number of ether oxygens (including phenoxy) is 2. The highest BCUT2D eigenvalue weighted by Gasteiger charge is 2.38. The molecule has 5 heterocycles. The van der Waals surface area contributed by atoms with E-state index in [4.69, 9.17) is 24.4 Å². The van der Waals surface area contributed by atoms with Crippen LogP contribution in [-0.2, 0) is 11.4 Å². The second kappa shape index (κ2) is 10.2. The molecule has 0 fully saturated rings. The number of oxime groups is 1. The number of hydrogen-bond donors (Lipinski definition) is 0. The SMILES string of the molecule is COc1ccc([C@H]2c3c(C)nn(-c4ccccc4)c3Oc3ncn4nc(CO/N=C(/C)c5cccs5)nc4c32)cc1. The van der Waals surface area contributed by atoms with E-state index in [0.717, 1.165) is 44.4 Å². The first kappa shape index (κ1) is 25.0. The number of rotatable bonds is 7. The molecule has 11 heteroatoms. The number of aryl methyl sites for hydroxylation is 1. The van der Waals surface area contributed by atoms with Gasteiger partial charge in [-0.25, -0.2) is 19.2 Å². The highest BCUT2D eigenvalue weighted by atomic mass is 32.1. The predicted molar refractivity (Wildman–Crippen MR) is 154 cm³/mol. The van der Waals surface area contributed by atoms with Crippen molar-refractivity contribution >= 4 is 22.7 Å². The Balaban J connectivity index is 1.33. The molecule has 1 atom stereocenters. The van der Waals surface area contributed by atoms with Crippen LogP contribution >= 0.6 is 11.3 Å². The molecule has 6 aromatic rings. The molecule has 1 aliphatic rings. The van der Waals surface area contributed by atoms with Crippen LogP contribution in [0.25, 0.3) is 11.3 Å². The number of thiophene rings is 1. The minimum Gasteiger partial charge on any atom is -0.497 e. The number of benzene rings is 2. The highest BCUT2D eigenvalue weighted by molar-refractivity contribution is 7.12. The third-order valence-electron chi connectivity index (χ3n) is 6.99. The van der Waals surface area contributed by atoms with E-state index < -0.39 is 0 Å². The maximum Gasteiger partial charge on any atom is 0.230 e. The van der Waals surface area contributed by atoms with Gasteiger partial charge in [0.05, 0.1) is 46.1 Å². The van der Waals surface area contributed by atoms with E-state index in [1.54, 1.807) is 29.3 Å². The van der Waals surface area contributed by atoms with Gasteiger partial charge in [0.1, 0.15) is 12.1 Å². The van der Waals surface area contributed by atoms with Gasteiger partial charge in [0.2, 0.25) is 11.8 Å². The lowest BCUT2D eigenvalue weighted by molar-refractivity contribution is 0.125. The topological polar surface area (TPSA) is 101 Å². The molecule has 0 saturated carbocycles. The fraction of sp³-hybridized carbons (Fsp3) is 0.167. The lowest BCUT2D eigenvalue weighted by atomic mass is 9.84. The van der Waals surface area contributed by atoms with E-state index >= 15 is 0 Å². The van der Waals surface area contributed by atoms with Crippen molar-refractivity contribution in [3.8, 4) is 23.2 Å². The largest absolute Gasteiger partial charge is 0.497 e. The van der Waals surface area contributed by atoms with Crippen LogP contribution in [0.3, 0.4) is 0 Å². The third kappa shape index (κ3) is 4.40. The van der Waals surface area contributed by atoms with Crippen molar-refractivity contribution in [2.45, 2.75) is 26.4 Å². The molecule has 4 aromatic heterocycles. The van der Waals surface area contributed by atoms with Crippen molar-refractivity contribution in [3.05, 3.63) is 112 Å². The third-order valence-corrected chi connectivity index (χ3v) is 7.97. The zero-order valence-electron chi connectivity index (χ0n) is 22.6. The molecule has 0 unspecified atom stereocenters. The van der Waals surface area contributed by atoms with Crippen molar-refractivity contribution < 1.29 is 14.3 Å². The van der Waals surface area contributed by atoms with E-state index in [-0.39, 0.29) is 12.5 Å². The maximum absolute atomic E-state index is 6.48. The summed E-state index contributed by atoms with van der Waals surface area (Å²) in [5, 5.41) is 15.8. The Bertz CT molecular complexity index is 1880. The van der Waals surface area contributed by atoms with Crippen LogP contribution in [0.2, 0.25) is 0 Å². The van der Waals surface area contributed by atoms with Gasteiger partial charge in [-0.15, -0.1) is 16.4 Å². The fourth-order valence-corrected chi connectivity index (χ4v) is 5.74. The van der Waals surface area contributed by atoms with E-state index in [9.17, 15) is 0 Å². The van der Waals surface area contributed by atoms with Crippen LogP contribution in [0.1, 0.15) is 45.9 Å². The minimum absolute atomic E-state index is 0.115. The lowest BCUT2D eigenvalue weighted by Crippen LogP contribution is -2.16. The van der Waals surface area contributed by atoms with Gasteiger partial charge in [-0.05, 0) is 55.1 Å². The molecule has 7 rings (SSSR count). The average Bonchev–Trinajstić information content (AvgIpc) is 3.76. The first-order chi connectivity index (χ1) is 20.1. The Morgan fingerprint density at radius 3 is 2.61 bits per heavy atom. The van der Waals surface area contributed by atoms with E-state index in [1.807, 2.05) is 90.6 Å². The van der Waals surface area contributed by atoms with Crippen molar-refractivity contribution in [2.24, 2.45) is 5.16 Å². The maximum atomic E-state index is 6.48. The number of para-hydroxylation sites is 1. The second-order valence-corrected chi connectivity index (χ2v) is 10.5. The summed E-state index contributed by atoms with van der Waals surface area (Å²) in [5.41, 5.74) is 5.95. The molecule has 0 aliphatic carbocycles. The lowest BCUT2D eigenvalue weighted by Gasteiger charge is -2.26. The Hall–Kier alpha value is -5.03. The van der Waals surface area contributed by atoms with Gasteiger partial charge in [0.15, 0.2) is 18.1 Å². The van der Waals surface area contributed by atoms with E-state index in [1.165, 1.54) is 0 Å². The zero-order valence-corrected chi connectivity index (χ0v) is 23.4. The number of nitrogens with zero attached hydrogens (tertiary/aromatic N) is 7. The molecule has 0 amide bonds. The van der Waals surface area contributed by atoms with Crippen molar-refractivity contribution in [2.75, 3.05) is 7.11 Å². The van der Waals surface area contributed by atoms with E-state index in [2.05, 4.69) is 15.2 Å². The summed E-state index contributed by atoms with van der Waals surface area (Å²) in [6.07, 6.45) is 1.61. The van der Waals surface area contributed by atoms with Gasteiger partial charge in [0, 0.05) is 0 Å². The zero-order chi connectivity index (χ0) is 27.9. The quantitative estimate of drug-likeness (QED) is 0.175. The van der Waals surface area contributed by atoms with Crippen molar-refractivity contribution in [1.29, 1.82) is 0 Å². The number of fused-ring (bicyclic) bond motifs is 4. The Morgan fingerprint density at radius 2 is 1.85 bits per heavy atom. The molecule has 41 heavy (non-hydrogen) atoms. The summed E-state index contributed by atoms with van der Waals surface area (Å²) in [6, 6.07) is 21.9. The first-order valence-electron chi connectivity index (χ1n) is 13.0. The average molecular weight is 564 g/mol. The summed E-state index contributed by atoms with van der Waals surface area (Å²) in [7, 11) is 1.66. The van der Waals surface area contributed by atoms with E-state index in [0.29, 0.717) is 23.2 Å². The summed E-state index contributed by atoms with van der Waals surface area (Å²) in [6.45, 7) is 4.02. The molecule has 0 radical (unpaired) electrons. The van der Waals surface area contributed by atoms with Gasteiger partial charge in [-0.3, -0.25) is 0 Å². The minimum atomic E-state index is -0.259. The molecule has 0 bridgehead atoms. The monoisotopic (exact) mass is 563 g/mol. The molecule has 0 spiro atoms. The summed E-state index contributed by atoms with van der Waals surface area (Å²) in [4.78, 5) is 16.2. The summed E-state index contributed by atoms with van der Waals surface area (Å²) >= 11 is 1.61. The predicted octanol–water partition coefficient (Wildman–Crippen LogP) is 5.92. The van der Waals surface area contributed by atoms with Gasteiger partial charge in [-0.1, -0.05) is 41.6 Å². The van der Waals surface area contributed by atoms with Crippen LogP contribution in [-0.4, -0.2) is 42.2 Å². The Kier molecular flexibility index (Phi) is 6.20. The van der Waals surface area contributed by atoms with Crippen LogP contribution < -0.4 is 9.47 Å². The number of hydrogen-bond acceptors (Lipinski definition) is 9. The van der Waals surface area contributed by atoms with Crippen molar-refractivity contribution in [3.63, 3.8) is 0 Å². The molecular weight excluding hydrogens is 538 g/mol. The standard InChI is InChI=1S/C30H25N7O3S/c1-18(23-10-7-15-41-23)35-39-16-24-32-28-27-26(20-11-13-22(38-3)14-12-20)25-19(2)33-37(21-8-5-4-6-9-21)30(25)40-29(27)31-17-36(28)34-24/h4-15,17,26H,16H2,1-3H3/b35-18-/t26-/m0/s1. The molecular formula is C30H25N7O3S. The fourth-order valence-electron chi connectivity index (χ4n) is 5.07. The summed E-state index contributed by atoms with van der Waals surface area (Å²) in [5.74, 6) is 2.08. The Morgan fingerprint density at radius 1 is 1.02 bits per heavy atom. The summed E-state index contributed by atoms with van der Waals surface area (Å²) < 4.78 is 15.4. The second-order valence-electron chi connectivity index (χ2n) is 9.55. The van der Waals surface area contributed by atoms with Crippen LogP contribution in [0.4, 0.5) is 0 Å². The van der Waals surface area contributed by atoms with Crippen LogP contribution in [0, 0.1) is 6.92 Å². The molecule has 10 nitrogen and oxygen atoms in total. The number of methoxy groups -OCH3 is 1. The van der Waals surface area contributed by atoms with Gasteiger partial charge >= 0.3 is 0 Å². The first-order valence-corrected chi connectivity index (χ1v) is 13.9. The van der Waals surface area contributed by atoms with Crippen LogP contribution in [0.5, 0.6) is 17.5 Å².